The number of alkyl carbamates (subject to hydrolysis) is 1. The maximum absolute atomic E-state index is 12.2. The first-order valence-electron chi connectivity index (χ1n) is 9.72. The molecule has 1 aliphatic rings. The molecule has 0 saturated carbocycles. The van der Waals surface area contributed by atoms with Crippen LogP contribution in [0.1, 0.15) is 22.6 Å². The highest BCUT2D eigenvalue weighted by molar-refractivity contribution is 5.79. The van der Waals surface area contributed by atoms with Gasteiger partial charge in [0.1, 0.15) is 6.61 Å². The van der Waals surface area contributed by atoms with E-state index in [0.29, 0.717) is 24.7 Å². The van der Waals surface area contributed by atoms with Crippen molar-refractivity contribution >= 4 is 17.9 Å². The lowest BCUT2D eigenvalue weighted by atomic mass is 9.98. The lowest BCUT2D eigenvalue weighted by Crippen LogP contribution is -2.26. The fourth-order valence-electron chi connectivity index (χ4n) is 3.73. The molecule has 3 N–H and O–H groups in total. The minimum absolute atomic E-state index is 0.0482. The SMILES string of the molecule is COc1ncc(C=CCNC(=O)OCC2c3ccccc3-c3ccccc32)cc1N. The molecule has 1 heterocycles. The summed E-state index contributed by atoms with van der Waals surface area (Å²) in [7, 11) is 1.52. The third-order valence-corrected chi connectivity index (χ3v) is 5.11. The Kier molecular flexibility index (Phi) is 5.66. The molecule has 0 atom stereocenters. The lowest BCUT2D eigenvalue weighted by molar-refractivity contribution is 0.144. The largest absolute Gasteiger partial charge is 0.480 e. The van der Waals surface area contributed by atoms with E-state index in [4.69, 9.17) is 15.2 Å². The molecule has 6 heteroatoms. The van der Waals surface area contributed by atoms with Crippen molar-refractivity contribution in [2.75, 3.05) is 26.0 Å². The van der Waals surface area contributed by atoms with Gasteiger partial charge in [0.25, 0.3) is 0 Å². The summed E-state index contributed by atoms with van der Waals surface area (Å²) in [5.74, 6) is 0.441. The zero-order valence-corrected chi connectivity index (χ0v) is 16.7. The van der Waals surface area contributed by atoms with Crippen molar-refractivity contribution in [2.45, 2.75) is 5.92 Å². The van der Waals surface area contributed by atoms with E-state index >= 15 is 0 Å². The molecule has 0 radical (unpaired) electrons. The van der Waals surface area contributed by atoms with Crippen LogP contribution in [-0.2, 0) is 4.74 Å². The third-order valence-electron chi connectivity index (χ3n) is 5.11. The molecule has 6 nitrogen and oxygen atoms in total. The molecule has 1 amide bonds. The van der Waals surface area contributed by atoms with Gasteiger partial charge in [0, 0.05) is 18.7 Å². The van der Waals surface area contributed by atoms with Crippen molar-refractivity contribution in [3.63, 3.8) is 0 Å². The van der Waals surface area contributed by atoms with E-state index in [9.17, 15) is 4.79 Å². The second-order valence-electron chi connectivity index (χ2n) is 6.98. The van der Waals surface area contributed by atoms with Crippen LogP contribution in [-0.4, -0.2) is 31.3 Å². The maximum Gasteiger partial charge on any atom is 0.407 e. The summed E-state index contributed by atoms with van der Waals surface area (Å²) in [6, 6.07) is 18.3. The molecule has 2 aromatic carbocycles. The van der Waals surface area contributed by atoms with E-state index in [1.54, 1.807) is 12.3 Å². The number of ether oxygens (including phenoxy) is 2. The maximum atomic E-state index is 12.2. The fraction of sp³-hybridized carbons (Fsp3) is 0.167. The molecule has 1 aromatic heterocycles. The van der Waals surface area contributed by atoms with Gasteiger partial charge in [0.2, 0.25) is 5.88 Å². The van der Waals surface area contributed by atoms with E-state index in [1.807, 2.05) is 36.4 Å². The first-order chi connectivity index (χ1) is 14.7. The van der Waals surface area contributed by atoms with Crippen molar-refractivity contribution in [3.05, 3.63) is 83.6 Å². The van der Waals surface area contributed by atoms with E-state index in [1.165, 1.54) is 29.4 Å². The molecule has 3 aromatic rings. The van der Waals surface area contributed by atoms with Crippen molar-refractivity contribution in [2.24, 2.45) is 0 Å². The molecule has 30 heavy (non-hydrogen) atoms. The quantitative estimate of drug-likeness (QED) is 0.646. The van der Waals surface area contributed by atoms with Crippen molar-refractivity contribution in [1.82, 2.24) is 10.3 Å². The van der Waals surface area contributed by atoms with Gasteiger partial charge in [-0.25, -0.2) is 9.78 Å². The van der Waals surface area contributed by atoms with E-state index < -0.39 is 6.09 Å². The van der Waals surface area contributed by atoms with Gasteiger partial charge in [-0.1, -0.05) is 60.7 Å². The van der Waals surface area contributed by atoms with Crippen LogP contribution >= 0.6 is 0 Å². The van der Waals surface area contributed by atoms with Crippen LogP contribution < -0.4 is 15.8 Å². The van der Waals surface area contributed by atoms with Crippen LogP contribution in [0, 0.1) is 0 Å². The number of nitrogens with two attached hydrogens (primary N) is 1. The Morgan fingerprint density at radius 1 is 1.13 bits per heavy atom. The van der Waals surface area contributed by atoms with Crippen LogP contribution in [0.25, 0.3) is 17.2 Å². The predicted octanol–water partition coefficient (Wildman–Crippen LogP) is 4.22. The number of carbonyl (C=O) groups excluding carboxylic acids is 1. The average Bonchev–Trinajstić information content (AvgIpc) is 3.09. The number of anilines is 1. The molecular weight excluding hydrogens is 378 g/mol. The summed E-state index contributed by atoms with van der Waals surface area (Å²) >= 11 is 0. The van der Waals surface area contributed by atoms with Gasteiger partial charge in [-0.15, -0.1) is 0 Å². The van der Waals surface area contributed by atoms with E-state index in [0.717, 1.165) is 5.56 Å². The Bertz CT molecular complexity index is 1050. The zero-order valence-electron chi connectivity index (χ0n) is 16.7. The standard InChI is InChI=1S/C24H23N3O3/c1-29-23-22(25)13-16(14-27-23)7-6-12-26-24(28)30-15-21-19-10-4-2-8-17(19)18-9-3-5-11-20(18)21/h2-11,13-14,21H,12,15,25H2,1H3,(H,26,28). The first kappa shape index (κ1) is 19.5. The number of aromatic nitrogens is 1. The van der Waals surface area contributed by atoms with E-state index in [2.05, 4.69) is 34.6 Å². The molecular formula is C24H23N3O3. The Labute approximate surface area is 175 Å². The summed E-state index contributed by atoms with van der Waals surface area (Å²) < 4.78 is 10.5. The molecule has 0 bridgehead atoms. The van der Waals surface area contributed by atoms with Gasteiger partial charge < -0.3 is 20.5 Å². The molecule has 0 saturated heterocycles. The highest BCUT2D eigenvalue weighted by Gasteiger charge is 2.28. The number of amides is 1. The number of carbonyl (C=O) groups is 1. The van der Waals surface area contributed by atoms with Crippen LogP contribution in [0.5, 0.6) is 5.88 Å². The minimum atomic E-state index is -0.450. The summed E-state index contributed by atoms with van der Waals surface area (Å²) in [6.07, 6.45) is 4.84. The third kappa shape index (κ3) is 3.98. The number of rotatable bonds is 6. The molecule has 0 fully saturated rings. The number of fused-ring (bicyclic) bond motifs is 3. The highest BCUT2D eigenvalue weighted by atomic mass is 16.5. The second-order valence-corrected chi connectivity index (χ2v) is 6.98. The Balaban J connectivity index is 1.32. The Morgan fingerprint density at radius 3 is 2.43 bits per heavy atom. The topological polar surface area (TPSA) is 86.5 Å². The van der Waals surface area contributed by atoms with Gasteiger partial charge in [0.05, 0.1) is 12.8 Å². The number of nitrogen functional groups attached to an aromatic ring is 1. The fourth-order valence-corrected chi connectivity index (χ4v) is 3.73. The van der Waals surface area contributed by atoms with Crippen LogP contribution in [0.3, 0.4) is 0 Å². The first-order valence-corrected chi connectivity index (χ1v) is 9.72. The zero-order chi connectivity index (χ0) is 20.9. The van der Waals surface area contributed by atoms with Gasteiger partial charge >= 0.3 is 6.09 Å². The molecule has 4 rings (SSSR count). The molecule has 152 valence electrons. The van der Waals surface area contributed by atoms with Crippen molar-refractivity contribution in [3.8, 4) is 17.0 Å². The van der Waals surface area contributed by atoms with Crippen LogP contribution in [0.2, 0.25) is 0 Å². The second kappa shape index (κ2) is 8.69. The molecule has 0 spiro atoms. The number of benzene rings is 2. The Hall–Kier alpha value is -3.80. The summed E-state index contributed by atoms with van der Waals surface area (Å²) in [6.45, 7) is 0.630. The summed E-state index contributed by atoms with van der Waals surface area (Å²) in [4.78, 5) is 16.3. The monoisotopic (exact) mass is 401 g/mol. The number of pyridine rings is 1. The van der Waals surface area contributed by atoms with Crippen molar-refractivity contribution in [1.29, 1.82) is 0 Å². The number of hydrogen-bond acceptors (Lipinski definition) is 5. The van der Waals surface area contributed by atoms with Gasteiger partial charge in [-0.2, -0.15) is 0 Å². The summed E-state index contributed by atoms with van der Waals surface area (Å²) in [5, 5.41) is 2.74. The number of methoxy groups -OCH3 is 1. The molecule has 1 aliphatic carbocycles. The molecule has 0 aliphatic heterocycles. The van der Waals surface area contributed by atoms with Gasteiger partial charge in [0.15, 0.2) is 0 Å². The Morgan fingerprint density at radius 2 is 1.80 bits per heavy atom. The minimum Gasteiger partial charge on any atom is -0.480 e. The smallest absolute Gasteiger partial charge is 0.407 e. The summed E-state index contributed by atoms with van der Waals surface area (Å²) in [5.41, 5.74) is 11.9. The normalized spacial score (nSPS) is 12.4. The molecule has 0 unspecified atom stereocenters. The van der Waals surface area contributed by atoms with Crippen LogP contribution in [0.4, 0.5) is 10.5 Å². The highest BCUT2D eigenvalue weighted by Crippen LogP contribution is 2.44. The number of nitrogens with one attached hydrogen (secondary N) is 1. The number of hydrogen-bond donors (Lipinski definition) is 2. The van der Waals surface area contributed by atoms with Gasteiger partial charge in [-0.05, 0) is 33.9 Å². The van der Waals surface area contributed by atoms with E-state index in [-0.39, 0.29) is 5.92 Å². The van der Waals surface area contributed by atoms with Crippen LogP contribution in [0.15, 0.2) is 66.9 Å². The van der Waals surface area contributed by atoms with Gasteiger partial charge in [-0.3, -0.25) is 0 Å². The van der Waals surface area contributed by atoms with Crippen molar-refractivity contribution < 1.29 is 14.3 Å². The average molecular weight is 401 g/mol. The lowest BCUT2D eigenvalue weighted by Gasteiger charge is -2.14. The predicted molar refractivity (Wildman–Crippen MR) is 117 cm³/mol. The number of nitrogens with zero attached hydrogens (tertiary/aromatic N) is 1.